The standard InChI is InChI=1S/C2H5NO.ClH/c1-2(3)4;/h1H3,(H2,3,4);1H. The van der Waals surface area contributed by atoms with Crippen LogP contribution in [0.4, 0.5) is 0 Å². The minimum atomic E-state index is -0.333. The van der Waals surface area contributed by atoms with Crippen LogP contribution in [-0.4, -0.2) is 5.91 Å². The van der Waals surface area contributed by atoms with Gasteiger partial charge in [0.2, 0.25) is 5.91 Å². The van der Waals surface area contributed by atoms with Crippen LogP contribution in [0.5, 0.6) is 0 Å². The number of amides is 1. The molecule has 0 spiro atoms. The second-order valence-corrected chi connectivity index (χ2v) is 0.611. The van der Waals surface area contributed by atoms with Crippen molar-refractivity contribution in [2.75, 3.05) is 0 Å². The Kier molecular flexibility index (Phi) is 6.64. The van der Waals surface area contributed by atoms with Crippen molar-refractivity contribution in [3.63, 3.8) is 0 Å². The average molecular weight is 95.5 g/mol. The van der Waals surface area contributed by atoms with E-state index >= 15 is 0 Å². The van der Waals surface area contributed by atoms with Gasteiger partial charge in [0.15, 0.2) is 0 Å². The van der Waals surface area contributed by atoms with E-state index in [0.29, 0.717) is 0 Å². The zero-order valence-corrected chi connectivity index (χ0v) is 3.71. The van der Waals surface area contributed by atoms with Crippen molar-refractivity contribution in [2.24, 2.45) is 5.73 Å². The van der Waals surface area contributed by atoms with E-state index in [-0.39, 0.29) is 18.3 Å². The van der Waals surface area contributed by atoms with Crippen LogP contribution in [0.1, 0.15) is 6.92 Å². The van der Waals surface area contributed by atoms with Crippen LogP contribution in [0, 0.1) is 0 Å². The molecule has 0 aromatic rings. The molecule has 0 atom stereocenters. The van der Waals surface area contributed by atoms with Gasteiger partial charge in [0.25, 0.3) is 0 Å². The highest BCUT2D eigenvalue weighted by molar-refractivity contribution is 5.85. The van der Waals surface area contributed by atoms with Crippen molar-refractivity contribution in [3.05, 3.63) is 0 Å². The van der Waals surface area contributed by atoms with Crippen LogP contribution in [-0.2, 0) is 4.79 Å². The number of primary amides is 1. The van der Waals surface area contributed by atoms with Gasteiger partial charge in [0, 0.05) is 6.92 Å². The van der Waals surface area contributed by atoms with Crippen molar-refractivity contribution in [1.82, 2.24) is 0 Å². The summed E-state index contributed by atoms with van der Waals surface area (Å²) in [5.41, 5.74) is 4.47. The molecule has 0 aliphatic carbocycles. The number of nitrogens with two attached hydrogens (primary N) is 1. The summed E-state index contributed by atoms with van der Waals surface area (Å²) in [5, 5.41) is 0. The maximum Gasteiger partial charge on any atom is 0.214 e. The van der Waals surface area contributed by atoms with Gasteiger partial charge in [-0.2, -0.15) is 0 Å². The Bertz CT molecular complexity index is 32.6. The van der Waals surface area contributed by atoms with E-state index in [1.807, 2.05) is 0 Å². The minimum Gasteiger partial charge on any atom is -0.370 e. The molecule has 0 rings (SSSR count). The maximum absolute atomic E-state index is 9.22. The van der Waals surface area contributed by atoms with Crippen LogP contribution < -0.4 is 5.73 Å². The number of rotatable bonds is 0. The number of carbonyl (C=O) groups excluding carboxylic acids is 1. The van der Waals surface area contributed by atoms with Gasteiger partial charge in [-0.1, -0.05) is 0 Å². The van der Waals surface area contributed by atoms with Gasteiger partial charge in [-0.3, -0.25) is 4.79 Å². The van der Waals surface area contributed by atoms with Crippen LogP contribution in [0.25, 0.3) is 0 Å². The van der Waals surface area contributed by atoms with E-state index in [2.05, 4.69) is 5.73 Å². The van der Waals surface area contributed by atoms with Gasteiger partial charge in [-0.25, -0.2) is 0 Å². The average Bonchev–Trinajstić information content (AvgIpc) is 0.811. The fraction of sp³-hybridized carbons (Fsp3) is 0.500. The Morgan fingerprint density at radius 1 is 1.80 bits per heavy atom. The van der Waals surface area contributed by atoms with Gasteiger partial charge in [0.1, 0.15) is 0 Å². The highest BCUT2D eigenvalue weighted by atomic mass is 35.5. The molecule has 0 aliphatic heterocycles. The zero-order chi connectivity index (χ0) is 3.58. The zero-order valence-electron chi connectivity index (χ0n) is 2.89. The van der Waals surface area contributed by atoms with Crippen LogP contribution in [0.15, 0.2) is 0 Å². The predicted octanol–water partition coefficient (Wildman–Crippen LogP) is -0.0866. The first-order valence-electron chi connectivity index (χ1n) is 0.993. The van der Waals surface area contributed by atoms with Gasteiger partial charge in [-0.05, 0) is 0 Å². The molecule has 0 radical (unpaired) electrons. The van der Waals surface area contributed by atoms with Gasteiger partial charge >= 0.3 is 0 Å². The maximum atomic E-state index is 9.22. The Labute approximate surface area is 36.8 Å². The third kappa shape index (κ3) is 202. The van der Waals surface area contributed by atoms with E-state index in [1.54, 1.807) is 0 Å². The molecule has 0 unspecified atom stereocenters. The van der Waals surface area contributed by atoms with Crippen molar-refractivity contribution in [2.45, 2.75) is 6.92 Å². The molecule has 2 N–H and O–H groups in total. The number of hydrogen-bond acceptors (Lipinski definition) is 1. The van der Waals surface area contributed by atoms with E-state index in [4.69, 9.17) is 0 Å². The third-order valence-corrected chi connectivity index (χ3v) is 0. The molecule has 32 valence electrons. The second-order valence-electron chi connectivity index (χ2n) is 0.611. The molecule has 5 heavy (non-hydrogen) atoms. The molecule has 0 heterocycles. The van der Waals surface area contributed by atoms with Crippen LogP contribution in [0.3, 0.4) is 0 Å². The van der Waals surface area contributed by atoms with Crippen LogP contribution in [0.2, 0.25) is 0 Å². The lowest BCUT2D eigenvalue weighted by molar-refractivity contribution is -0.115. The highest BCUT2D eigenvalue weighted by Gasteiger charge is 1.61. The summed E-state index contributed by atoms with van der Waals surface area (Å²) in [7, 11) is 0. The second kappa shape index (κ2) is 3.76. The Morgan fingerprint density at radius 2 is 1.80 bits per heavy atom. The molecule has 0 saturated heterocycles. The van der Waals surface area contributed by atoms with Crippen molar-refractivity contribution >= 4 is 18.3 Å². The molecule has 0 aliphatic rings. The molecular formula is C2H6ClNO. The van der Waals surface area contributed by atoms with E-state index in [1.165, 1.54) is 6.92 Å². The predicted molar refractivity (Wildman–Crippen MR) is 22.1 cm³/mol. The smallest absolute Gasteiger partial charge is 0.214 e. The summed E-state index contributed by atoms with van der Waals surface area (Å²) in [6.45, 7) is 1.31. The lowest BCUT2D eigenvalue weighted by Crippen LogP contribution is -2.01. The third-order valence-electron chi connectivity index (χ3n) is 0. The lowest BCUT2D eigenvalue weighted by atomic mass is 10.8. The van der Waals surface area contributed by atoms with Crippen molar-refractivity contribution < 1.29 is 4.79 Å². The first-order chi connectivity index (χ1) is 1.73. The molecule has 3 heteroatoms. The van der Waals surface area contributed by atoms with Crippen molar-refractivity contribution in [1.29, 1.82) is 0 Å². The van der Waals surface area contributed by atoms with Crippen molar-refractivity contribution in [3.8, 4) is 0 Å². The fourth-order valence-corrected chi connectivity index (χ4v) is 0. The van der Waals surface area contributed by atoms with E-state index < -0.39 is 0 Å². The summed E-state index contributed by atoms with van der Waals surface area (Å²) in [4.78, 5) is 9.22. The Hall–Kier alpha value is -0.240. The number of halogens is 1. The van der Waals surface area contributed by atoms with E-state index in [9.17, 15) is 4.79 Å². The monoisotopic (exact) mass is 95.0 g/mol. The summed E-state index contributed by atoms with van der Waals surface area (Å²) in [6.07, 6.45) is 0. The lowest BCUT2D eigenvalue weighted by Gasteiger charge is -1.60. The Balaban J connectivity index is 0. The topological polar surface area (TPSA) is 43.1 Å². The van der Waals surface area contributed by atoms with Gasteiger partial charge in [0.05, 0.1) is 0 Å². The molecule has 0 aromatic heterocycles. The molecule has 0 aromatic carbocycles. The number of carbonyl (C=O) groups is 1. The summed E-state index contributed by atoms with van der Waals surface area (Å²) < 4.78 is 0. The first-order valence-corrected chi connectivity index (χ1v) is 0.993. The van der Waals surface area contributed by atoms with E-state index in [0.717, 1.165) is 0 Å². The number of hydrogen-bond donors (Lipinski definition) is 1. The molecule has 0 saturated carbocycles. The molecule has 1 amide bonds. The largest absolute Gasteiger partial charge is 0.370 e. The first kappa shape index (κ1) is 8.83. The summed E-state index contributed by atoms with van der Waals surface area (Å²) in [5.74, 6) is -0.333. The molecule has 2 nitrogen and oxygen atoms in total. The normalized spacial score (nSPS) is 5.00. The van der Waals surface area contributed by atoms with Gasteiger partial charge in [-0.15, -0.1) is 12.4 Å². The van der Waals surface area contributed by atoms with Crippen LogP contribution >= 0.6 is 12.4 Å². The fourth-order valence-electron chi connectivity index (χ4n) is 0. The molecule has 0 bridgehead atoms. The van der Waals surface area contributed by atoms with Gasteiger partial charge < -0.3 is 5.73 Å². The highest BCUT2D eigenvalue weighted by Crippen LogP contribution is 1.33. The Morgan fingerprint density at radius 3 is 1.80 bits per heavy atom. The molecule has 0 fully saturated rings. The summed E-state index contributed by atoms with van der Waals surface area (Å²) >= 11 is 0. The minimum absolute atomic E-state index is 0. The summed E-state index contributed by atoms with van der Waals surface area (Å²) in [6, 6.07) is 0. The SMILES string of the molecule is CC(N)=O.Cl. The molecular weight excluding hydrogens is 89.5 g/mol. The quantitative estimate of drug-likeness (QED) is 0.449.